The minimum Gasteiger partial charge on any atom is -0.504 e. The van der Waals surface area contributed by atoms with E-state index in [1.54, 1.807) is 13.8 Å². The number of carbonyl (C=O) groups is 3. The Morgan fingerprint density at radius 2 is 1.79 bits per heavy atom. The first-order valence-electron chi connectivity index (χ1n) is 13.9. The molecular formula is C31H46O8. The van der Waals surface area contributed by atoms with Gasteiger partial charge in [-0.05, 0) is 51.0 Å². The molecular weight excluding hydrogens is 500 g/mol. The number of carbonyl (C=O) groups excluding carboxylic acids is 3. The summed E-state index contributed by atoms with van der Waals surface area (Å²) >= 11 is 0. The van der Waals surface area contributed by atoms with Crippen LogP contribution in [0, 0.1) is 16.7 Å². The van der Waals surface area contributed by atoms with Crippen LogP contribution >= 0.6 is 0 Å². The van der Waals surface area contributed by atoms with Gasteiger partial charge in [0.05, 0.1) is 23.7 Å². The molecule has 6 atom stereocenters. The van der Waals surface area contributed by atoms with Crippen molar-refractivity contribution in [3.8, 4) is 0 Å². The van der Waals surface area contributed by atoms with Crippen LogP contribution in [0.25, 0.3) is 0 Å². The average molecular weight is 547 g/mol. The third kappa shape index (κ3) is 5.64. The Bertz CT molecular complexity index is 1070. The zero-order valence-electron chi connectivity index (χ0n) is 24.8. The normalized spacial score (nSPS) is 34.0. The van der Waals surface area contributed by atoms with Gasteiger partial charge in [-0.3, -0.25) is 9.59 Å². The second-order valence-corrected chi connectivity index (χ2v) is 11.0. The number of hydrogen-bond donors (Lipinski definition) is 2. The summed E-state index contributed by atoms with van der Waals surface area (Å²) in [5.41, 5.74) is -0.640. The number of hydrogen-bond acceptors (Lipinski definition) is 8. The van der Waals surface area contributed by atoms with Crippen molar-refractivity contribution in [1.82, 2.24) is 0 Å². The minimum atomic E-state index is -1.14. The molecule has 4 aliphatic rings. The first-order valence-corrected chi connectivity index (χ1v) is 13.9. The summed E-state index contributed by atoms with van der Waals surface area (Å²) in [5, 5.41) is 21.9. The highest BCUT2D eigenvalue weighted by atomic mass is 16.6. The van der Waals surface area contributed by atoms with Crippen LogP contribution in [0.5, 0.6) is 0 Å². The Morgan fingerprint density at radius 3 is 2.28 bits per heavy atom. The molecule has 0 spiro atoms. The summed E-state index contributed by atoms with van der Waals surface area (Å²) in [4.78, 5) is 38.4. The van der Waals surface area contributed by atoms with Crippen molar-refractivity contribution in [1.29, 1.82) is 0 Å². The smallest absolute Gasteiger partial charge is 0.338 e. The summed E-state index contributed by atoms with van der Waals surface area (Å²) in [5.74, 6) is -2.56. The third-order valence-corrected chi connectivity index (χ3v) is 8.23. The van der Waals surface area contributed by atoms with Gasteiger partial charge in [0.2, 0.25) is 5.78 Å². The maximum atomic E-state index is 13.6. The highest BCUT2D eigenvalue weighted by Gasteiger charge is 2.64. The lowest BCUT2D eigenvalue weighted by Crippen LogP contribution is -2.57. The molecule has 0 aromatic rings. The number of allylic oxidation sites excluding steroid dienone is 3. The van der Waals surface area contributed by atoms with E-state index in [1.165, 1.54) is 26.5 Å². The van der Waals surface area contributed by atoms with Crippen LogP contribution in [-0.2, 0) is 28.6 Å². The maximum absolute atomic E-state index is 13.6. The first kappa shape index (κ1) is 32.5. The van der Waals surface area contributed by atoms with Gasteiger partial charge in [0, 0.05) is 30.6 Å². The van der Waals surface area contributed by atoms with Crippen molar-refractivity contribution in [3.63, 3.8) is 0 Å². The number of ether oxygens (including phenoxy) is 3. The number of ketones is 1. The Balaban J connectivity index is 0.000000686. The Morgan fingerprint density at radius 1 is 1.21 bits per heavy atom. The summed E-state index contributed by atoms with van der Waals surface area (Å²) in [7, 11) is 1.48. The lowest BCUT2D eigenvalue weighted by atomic mass is 9.53. The molecule has 8 heteroatoms. The van der Waals surface area contributed by atoms with Gasteiger partial charge in [-0.1, -0.05) is 46.3 Å². The van der Waals surface area contributed by atoms with Gasteiger partial charge in [-0.15, -0.1) is 6.58 Å². The van der Waals surface area contributed by atoms with E-state index in [0.717, 1.165) is 6.42 Å². The fraction of sp³-hybridized carbons (Fsp3) is 0.645. The molecule has 2 N–H and O–H groups in total. The van der Waals surface area contributed by atoms with E-state index >= 15 is 0 Å². The van der Waals surface area contributed by atoms with Gasteiger partial charge in [0.25, 0.3) is 0 Å². The quantitative estimate of drug-likeness (QED) is 0.276. The van der Waals surface area contributed by atoms with E-state index in [-0.39, 0.29) is 23.7 Å². The largest absolute Gasteiger partial charge is 0.504 e. The van der Waals surface area contributed by atoms with Crippen molar-refractivity contribution < 1.29 is 38.8 Å². The molecule has 0 aromatic heterocycles. The van der Waals surface area contributed by atoms with Crippen LogP contribution in [0.3, 0.4) is 0 Å². The Hall–Kier alpha value is -2.71. The second kappa shape index (κ2) is 13.1. The lowest BCUT2D eigenvalue weighted by molar-refractivity contribution is -0.160. The summed E-state index contributed by atoms with van der Waals surface area (Å²) in [6.45, 7) is 16.4. The molecule has 0 bridgehead atoms. The number of esters is 2. The standard InChI is InChI=1S/C24H30O8.C4H8.C3H8/c1-6-12-18-21(28)20(27)17-13-7-8-15(26)23(13,3)9-14(31-11(2)25)19(17)24(18,4)16(10-30-5)32-22(12)29;1-3-4-2;1-3-2/h6,13-16,26,28H,7-10H2,1-5H3;3H,1,4H2,2H3;3H2,1-2H3/b12-6+;;. The fourth-order valence-corrected chi connectivity index (χ4v) is 6.42. The minimum absolute atomic E-state index is 0.0261. The molecule has 6 unspecified atom stereocenters. The summed E-state index contributed by atoms with van der Waals surface area (Å²) < 4.78 is 16.8. The van der Waals surface area contributed by atoms with Crippen LogP contribution in [0.1, 0.15) is 80.6 Å². The van der Waals surface area contributed by atoms with Gasteiger partial charge in [-0.25, -0.2) is 4.79 Å². The average Bonchev–Trinajstić information content (AvgIpc) is 3.17. The fourth-order valence-electron chi connectivity index (χ4n) is 6.42. The zero-order valence-corrected chi connectivity index (χ0v) is 24.8. The topological polar surface area (TPSA) is 119 Å². The van der Waals surface area contributed by atoms with Crippen molar-refractivity contribution in [3.05, 3.63) is 46.8 Å². The maximum Gasteiger partial charge on any atom is 0.338 e. The predicted molar refractivity (Wildman–Crippen MR) is 149 cm³/mol. The van der Waals surface area contributed by atoms with E-state index in [4.69, 9.17) is 14.2 Å². The molecule has 0 aromatic carbocycles. The Labute approximate surface area is 232 Å². The van der Waals surface area contributed by atoms with E-state index in [0.29, 0.717) is 30.4 Å². The molecule has 1 saturated carbocycles. The van der Waals surface area contributed by atoms with Crippen LogP contribution in [-0.4, -0.2) is 60.0 Å². The molecule has 3 aliphatic carbocycles. The van der Waals surface area contributed by atoms with Crippen molar-refractivity contribution >= 4 is 17.7 Å². The van der Waals surface area contributed by atoms with Crippen molar-refractivity contribution in [2.24, 2.45) is 16.7 Å². The van der Waals surface area contributed by atoms with E-state index in [1.807, 2.05) is 13.0 Å². The number of aliphatic hydroxyl groups excluding tert-OH is 2. The van der Waals surface area contributed by atoms with Gasteiger partial charge in [-0.2, -0.15) is 0 Å². The molecule has 218 valence electrons. The number of methoxy groups -OCH3 is 1. The number of cyclic esters (lactones) is 1. The van der Waals surface area contributed by atoms with Gasteiger partial charge in [0.1, 0.15) is 12.2 Å². The van der Waals surface area contributed by atoms with Gasteiger partial charge in [0.15, 0.2) is 5.76 Å². The lowest BCUT2D eigenvalue weighted by Gasteiger charge is -2.54. The Kier molecular flexibility index (Phi) is 10.9. The number of rotatable bonds is 4. The predicted octanol–water partition coefficient (Wildman–Crippen LogP) is 5.31. The molecule has 39 heavy (non-hydrogen) atoms. The molecule has 1 heterocycles. The van der Waals surface area contributed by atoms with Crippen LogP contribution in [0.2, 0.25) is 0 Å². The highest BCUT2D eigenvalue weighted by Crippen LogP contribution is 2.63. The van der Waals surface area contributed by atoms with Crippen LogP contribution in [0.15, 0.2) is 46.8 Å². The summed E-state index contributed by atoms with van der Waals surface area (Å²) in [6.07, 6.45) is 4.80. The molecule has 1 aliphatic heterocycles. The third-order valence-electron chi connectivity index (χ3n) is 8.23. The number of Topliss-reactive ketones (excluding diaryl/α,β-unsaturated/α-hetero) is 1. The summed E-state index contributed by atoms with van der Waals surface area (Å²) in [6, 6.07) is 0. The van der Waals surface area contributed by atoms with E-state index in [2.05, 4.69) is 27.4 Å². The monoisotopic (exact) mass is 546 g/mol. The molecule has 2 fully saturated rings. The molecule has 1 saturated heterocycles. The zero-order chi connectivity index (χ0) is 29.7. The van der Waals surface area contributed by atoms with Crippen molar-refractivity contribution in [2.45, 2.75) is 98.9 Å². The van der Waals surface area contributed by atoms with Crippen LogP contribution in [0.4, 0.5) is 0 Å². The molecule has 8 nitrogen and oxygen atoms in total. The van der Waals surface area contributed by atoms with E-state index in [9.17, 15) is 24.6 Å². The van der Waals surface area contributed by atoms with Gasteiger partial charge < -0.3 is 24.4 Å². The molecule has 0 radical (unpaired) electrons. The highest BCUT2D eigenvalue weighted by molar-refractivity contribution is 6.13. The van der Waals surface area contributed by atoms with Crippen molar-refractivity contribution in [2.75, 3.05) is 13.7 Å². The first-order chi connectivity index (χ1) is 18.3. The molecule has 0 amide bonds. The second-order valence-electron chi connectivity index (χ2n) is 11.0. The SMILES string of the molecule is C/C=C1/C(=O)OC(COC)C2(C)C1=C(O)C(=O)C1=C2C(OC(C)=O)CC2(C)C(O)CCC12.C=CCC.CCC. The van der Waals surface area contributed by atoms with Gasteiger partial charge >= 0.3 is 11.9 Å². The van der Waals surface area contributed by atoms with E-state index < -0.39 is 52.6 Å². The molecule has 4 rings (SSSR count). The number of fused-ring (bicyclic) bond motifs is 4. The van der Waals surface area contributed by atoms with Crippen LogP contribution < -0.4 is 0 Å². The number of aliphatic hydroxyl groups is 2.